The molecule has 2 N–H and O–H groups in total. The van der Waals surface area contributed by atoms with E-state index in [-0.39, 0.29) is 24.0 Å². The van der Waals surface area contributed by atoms with Crippen molar-refractivity contribution < 1.29 is 14.2 Å². The molecule has 1 heterocycles. The van der Waals surface area contributed by atoms with Crippen LogP contribution < -0.4 is 24.8 Å². The second-order valence-corrected chi connectivity index (χ2v) is 8.26. The van der Waals surface area contributed by atoms with E-state index in [4.69, 9.17) is 19.2 Å². The molecular weight excluding hydrogens is 521 g/mol. The second kappa shape index (κ2) is 14.6. The lowest BCUT2D eigenvalue weighted by molar-refractivity contribution is 0.0900. The van der Waals surface area contributed by atoms with Crippen LogP contribution in [0.2, 0.25) is 0 Å². The number of nitrogens with one attached hydrogen (secondary N) is 2. The van der Waals surface area contributed by atoms with Crippen LogP contribution in [0.5, 0.6) is 17.2 Å². The van der Waals surface area contributed by atoms with Crippen molar-refractivity contribution in [3.8, 4) is 17.2 Å². The van der Waals surface area contributed by atoms with Gasteiger partial charge in [0.2, 0.25) is 5.75 Å². The van der Waals surface area contributed by atoms with Crippen molar-refractivity contribution in [3.63, 3.8) is 0 Å². The molecule has 184 valence electrons. The molecule has 32 heavy (non-hydrogen) atoms. The zero-order valence-corrected chi connectivity index (χ0v) is 23.1. The van der Waals surface area contributed by atoms with Crippen molar-refractivity contribution in [2.45, 2.75) is 33.4 Å². The quantitative estimate of drug-likeness (QED) is 0.258. The number of benzene rings is 1. The number of ether oxygens (including phenoxy) is 3. The van der Waals surface area contributed by atoms with Crippen molar-refractivity contribution in [2.24, 2.45) is 10.9 Å². The Balaban J connectivity index is 0.00000512. The number of piperazine rings is 1. The highest BCUT2D eigenvalue weighted by molar-refractivity contribution is 14.0. The van der Waals surface area contributed by atoms with Gasteiger partial charge in [0.1, 0.15) is 0 Å². The lowest BCUT2D eigenvalue weighted by Gasteiger charge is -2.40. The van der Waals surface area contributed by atoms with Crippen LogP contribution in [-0.2, 0) is 6.54 Å². The molecule has 2 rings (SSSR count). The van der Waals surface area contributed by atoms with E-state index in [1.165, 1.54) is 0 Å². The fourth-order valence-electron chi connectivity index (χ4n) is 3.88. The summed E-state index contributed by atoms with van der Waals surface area (Å²) in [7, 11) is 7.05. The Hall–Kier alpha value is -1.46. The van der Waals surface area contributed by atoms with E-state index < -0.39 is 0 Å². The van der Waals surface area contributed by atoms with Gasteiger partial charge >= 0.3 is 0 Å². The number of aliphatic imine (C=N–C) groups is 1. The van der Waals surface area contributed by atoms with E-state index in [1.54, 1.807) is 21.3 Å². The highest BCUT2D eigenvalue weighted by atomic mass is 127. The Morgan fingerprint density at radius 2 is 1.59 bits per heavy atom. The van der Waals surface area contributed by atoms with Crippen LogP contribution in [0.25, 0.3) is 0 Å². The maximum absolute atomic E-state index is 5.46. The van der Waals surface area contributed by atoms with Gasteiger partial charge in [-0.25, -0.2) is 4.99 Å². The third-order valence-electron chi connectivity index (χ3n) is 5.74. The predicted molar refractivity (Wildman–Crippen MR) is 142 cm³/mol. The molecular formula is C23H42IN5O3. The third kappa shape index (κ3) is 8.15. The van der Waals surface area contributed by atoms with Crippen molar-refractivity contribution >= 4 is 29.9 Å². The average molecular weight is 564 g/mol. The summed E-state index contributed by atoms with van der Waals surface area (Å²) in [4.78, 5) is 9.79. The van der Waals surface area contributed by atoms with Crippen LogP contribution in [0, 0.1) is 5.92 Å². The van der Waals surface area contributed by atoms with Crippen molar-refractivity contribution in [2.75, 3.05) is 67.6 Å². The topological polar surface area (TPSA) is 70.6 Å². The largest absolute Gasteiger partial charge is 0.493 e. The smallest absolute Gasteiger partial charge is 0.203 e. The third-order valence-corrected chi connectivity index (χ3v) is 5.74. The lowest BCUT2D eigenvalue weighted by atomic mass is 10.0. The van der Waals surface area contributed by atoms with Gasteiger partial charge in [0.15, 0.2) is 17.5 Å². The molecule has 0 aromatic heterocycles. The molecule has 0 radical (unpaired) electrons. The first-order chi connectivity index (χ1) is 14.9. The second-order valence-electron chi connectivity index (χ2n) is 8.26. The first kappa shape index (κ1) is 28.6. The molecule has 1 atom stereocenters. The number of hydrogen-bond acceptors (Lipinski definition) is 6. The van der Waals surface area contributed by atoms with Crippen LogP contribution in [0.3, 0.4) is 0 Å². The number of halogens is 1. The first-order valence-electron chi connectivity index (χ1n) is 11.2. The SMILES string of the molecule is CCNC(=NCc1cc(OC)c(OC)c(OC)c1)NCC(C(C)C)N1CCN(C)CC1.I. The van der Waals surface area contributed by atoms with Gasteiger partial charge < -0.3 is 29.7 Å². The van der Waals surface area contributed by atoms with Crippen LogP contribution in [0.4, 0.5) is 0 Å². The molecule has 0 saturated carbocycles. The summed E-state index contributed by atoms with van der Waals surface area (Å²) in [5.41, 5.74) is 0.992. The molecule has 0 spiro atoms. The number of guanidine groups is 1. The maximum atomic E-state index is 5.46. The molecule has 1 aromatic carbocycles. The summed E-state index contributed by atoms with van der Waals surface area (Å²) in [6.07, 6.45) is 0. The van der Waals surface area contributed by atoms with Gasteiger partial charge in [-0.15, -0.1) is 24.0 Å². The monoisotopic (exact) mass is 563 g/mol. The molecule has 1 fully saturated rings. The van der Waals surface area contributed by atoms with Crippen LogP contribution >= 0.6 is 24.0 Å². The minimum Gasteiger partial charge on any atom is -0.493 e. The van der Waals surface area contributed by atoms with Crippen molar-refractivity contribution in [1.29, 1.82) is 0 Å². The molecule has 1 aliphatic rings. The van der Waals surface area contributed by atoms with Gasteiger partial charge in [0, 0.05) is 45.3 Å². The van der Waals surface area contributed by atoms with Crippen LogP contribution in [-0.4, -0.2) is 89.4 Å². The number of nitrogens with zero attached hydrogens (tertiary/aromatic N) is 3. The highest BCUT2D eigenvalue weighted by Gasteiger charge is 2.25. The van der Waals surface area contributed by atoms with Crippen LogP contribution in [0.15, 0.2) is 17.1 Å². The predicted octanol–water partition coefficient (Wildman–Crippen LogP) is 2.66. The number of hydrogen-bond donors (Lipinski definition) is 2. The fourth-order valence-corrected chi connectivity index (χ4v) is 3.88. The molecule has 1 saturated heterocycles. The Kier molecular flexibility index (Phi) is 13.1. The van der Waals surface area contributed by atoms with Gasteiger partial charge in [0.05, 0.1) is 27.9 Å². The van der Waals surface area contributed by atoms with E-state index in [1.807, 2.05) is 12.1 Å². The first-order valence-corrected chi connectivity index (χ1v) is 11.2. The van der Waals surface area contributed by atoms with Crippen molar-refractivity contribution in [3.05, 3.63) is 17.7 Å². The zero-order valence-electron chi connectivity index (χ0n) is 20.7. The average Bonchev–Trinajstić information content (AvgIpc) is 2.77. The van der Waals surface area contributed by atoms with E-state index in [0.717, 1.165) is 50.8 Å². The van der Waals surface area contributed by atoms with E-state index >= 15 is 0 Å². The minimum absolute atomic E-state index is 0. The summed E-state index contributed by atoms with van der Waals surface area (Å²) < 4.78 is 16.3. The van der Waals surface area contributed by atoms with Gasteiger partial charge in [-0.2, -0.15) is 0 Å². The summed E-state index contributed by atoms with van der Waals surface area (Å²) in [6.45, 7) is 13.3. The number of methoxy groups -OCH3 is 3. The summed E-state index contributed by atoms with van der Waals surface area (Å²) in [5, 5.41) is 6.92. The fraction of sp³-hybridized carbons (Fsp3) is 0.696. The standard InChI is InChI=1S/C23H41N5O3.HI/c1-8-24-23(26-16-19(17(2)3)28-11-9-27(4)10-12-28)25-15-18-13-20(29-5)22(31-7)21(14-18)30-6;/h13-14,17,19H,8-12,15-16H2,1-7H3,(H2,24,25,26);1H. The molecule has 0 bridgehead atoms. The summed E-state index contributed by atoms with van der Waals surface area (Å²) >= 11 is 0. The molecule has 9 heteroatoms. The molecule has 1 unspecified atom stereocenters. The normalized spacial score (nSPS) is 16.3. The zero-order chi connectivity index (χ0) is 22.8. The number of likely N-dealkylation sites (N-methyl/N-ethyl adjacent to an activating group) is 1. The van der Waals surface area contributed by atoms with E-state index in [9.17, 15) is 0 Å². The summed E-state index contributed by atoms with van der Waals surface area (Å²) in [6, 6.07) is 4.35. The molecule has 0 amide bonds. The highest BCUT2D eigenvalue weighted by Crippen LogP contribution is 2.38. The van der Waals surface area contributed by atoms with E-state index in [0.29, 0.717) is 35.8 Å². The molecule has 1 aliphatic heterocycles. The van der Waals surface area contributed by atoms with Gasteiger partial charge in [-0.1, -0.05) is 13.8 Å². The van der Waals surface area contributed by atoms with Gasteiger partial charge in [0.25, 0.3) is 0 Å². The Morgan fingerprint density at radius 3 is 2.06 bits per heavy atom. The molecule has 0 aliphatic carbocycles. The minimum atomic E-state index is 0. The molecule has 8 nitrogen and oxygen atoms in total. The van der Waals surface area contributed by atoms with Gasteiger partial charge in [-0.3, -0.25) is 4.90 Å². The Morgan fingerprint density at radius 1 is 1.00 bits per heavy atom. The maximum Gasteiger partial charge on any atom is 0.203 e. The van der Waals surface area contributed by atoms with E-state index in [2.05, 4.69) is 48.3 Å². The van der Waals surface area contributed by atoms with Gasteiger partial charge in [-0.05, 0) is 37.6 Å². The lowest BCUT2D eigenvalue weighted by Crippen LogP contribution is -2.55. The summed E-state index contributed by atoms with van der Waals surface area (Å²) in [5.74, 6) is 3.25. The number of rotatable bonds is 10. The Bertz CT molecular complexity index is 684. The van der Waals surface area contributed by atoms with Crippen LogP contribution in [0.1, 0.15) is 26.3 Å². The Labute approximate surface area is 211 Å². The van der Waals surface area contributed by atoms with Crippen molar-refractivity contribution in [1.82, 2.24) is 20.4 Å². The molecule has 1 aromatic rings.